The molecule has 1 aliphatic carbocycles. The molecular weight excluding hydrogens is 831 g/mol. The first-order valence-corrected chi connectivity index (χ1v) is 18.8. The largest absolute Gasteiger partial charge is 0.490 e. The second kappa shape index (κ2) is 32.1. The fourth-order valence-corrected chi connectivity index (χ4v) is 4.83. The van der Waals surface area contributed by atoms with E-state index in [-0.39, 0.29) is 23.6 Å². The van der Waals surface area contributed by atoms with Gasteiger partial charge in [0.05, 0.1) is 6.42 Å². The number of carbonyl (C=O) groups excluding carboxylic acids is 3. The van der Waals surface area contributed by atoms with Gasteiger partial charge in [0.1, 0.15) is 6.04 Å². The van der Waals surface area contributed by atoms with Crippen LogP contribution in [0, 0.1) is 5.92 Å². The standard InChI is InChI=1S/C30H52N6O3.3C2HF3O2/c31-17-10-20-32-18-7-8-19-33-21-11-23-35-30(39)27(36-29(38)26-14-5-2-6-15-26)16-9-22-34-28(37)24-25-12-3-1-4-13-25;3*3-2(4,5)1(6)7/h1,3-4,12-13,26-27,32-33H,2,5-11,14-24,31H2,(H,34,37)(H,35,39)(H,36,38);3*(H,6,7)/t27-;;;/m0.../s1. The van der Waals surface area contributed by atoms with Crippen LogP contribution in [0.5, 0.6) is 0 Å². The van der Waals surface area contributed by atoms with Crippen LogP contribution < -0.4 is 32.3 Å². The molecule has 10 N–H and O–H groups in total. The lowest BCUT2D eigenvalue weighted by Gasteiger charge is -2.24. The van der Waals surface area contributed by atoms with E-state index >= 15 is 0 Å². The summed E-state index contributed by atoms with van der Waals surface area (Å²) >= 11 is 0. The number of benzene rings is 1. The topological polar surface area (TPSA) is 249 Å². The molecule has 346 valence electrons. The number of carbonyl (C=O) groups is 6. The fraction of sp³-hybridized carbons (Fsp3) is 0.667. The summed E-state index contributed by atoms with van der Waals surface area (Å²) < 4.78 is 95.2. The molecule has 0 heterocycles. The number of alkyl halides is 9. The van der Waals surface area contributed by atoms with Gasteiger partial charge in [-0.25, -0.2) is 14.4 Å². The Kier molecular flexibility index (Phi) is 30.7. The molecule has 1 atom stereocenters. The molecule has 2 rings (SSSR count). The smallest absolute Gasteiger partial charge is 0.475 e. The van der Waals surface area contributed by atoms with Gasteiger partial charge in [-0.1, -0.05) is 49.6 Å². The van der Waals surface area contributed by atoms with Crippen LogP contribution >= 0.6 is 0 Å². The molecule has 0 saturated heterocycles. The van der Waals surface area contributed by atoms with Crippen LogP contribution in [0.2, 0.25) is 0 Å². The van der Waals surface area contributed by atoms with Crippen LogP contribution in [0.15, 0.2) is 30.3 Å². The zero-order chi connectivity index (χ0) is 46.2. The fourth-order valence-electron chi connectivity index (χ4n) is 4.83. The summed E-state index contributed by atoms with van der Waals surface area (Å²) in [6, 6.07) is 9.05. The van der Waals surface area contributed by atoms with Crippen molar-refractivity contribution in [3.63, 3.8) is 0 Å². The Labute approximate surface area is 340 Å². The SMILES string of the molecule is NCCCNCCCCNCCCNC(=O)[C@H](CCCNC(=O)Cc1ccccc1)NC(=O)C1CCCCC1.O=C(O)C(F)(F)F.O=C(O)C(F)(F)F.O=C(O)C(F)(F)F. The number of hydrogen-bond donors (Lipinski definition) is 9. The Bertz CT molecular complexity index is 1320. The Hall–Kier alpha value is -4.71. The third-order valence-corrected chi connectivity index (χ3v) is 7.88. The summed E-state index contributed by atoms with van der Waals surface area (Å²) in [6.07, 6.45) is -4.61. The minimum absolute atomic E-state index is 0.000290. The first-order valence-electron chi connectivity index (χ1n) is 18.8. The highest BCUT2D eigenvalue weighted by atomic mass is 19.4. The van der Waals surface area contributed by atoms with Gasteiger partial charge in [-0.05, 0) is 89.7 Å². The number of aliphatic carboxylic acids is 3. The van der Waals surface area contributed by atoms with E-state index in [1.54, 1.807) is 0 Å². The lowest BCUT2D eigenvalue weighted by Crippen LogP contribution is -2.49. The van der Waals surface area contributed by atoms with Crippen molar-refractivity contribution in [3.05, 3.63) is 35.9 Å². The third-order valence-electron chi connectivity index (χ3n) is 7.88. The molecule has 1 aliphatic rings. The van der Waals surface area contributed by atoms with E-state index in [9.17, 15) is 53.9 Å². The predicted molar refractivity (Wildman–Crippen MR) is 198 cm³/mol. The second-order valence-corrected chi connectivity index (χ2v) is 13.0. The van der Waals surface area contributed by atoms with Crippen molar-refractivity contribution in [2.45, 2.75) is 102 Å². The van der Waals surface area contributed by atoms with Crippen LogP contribution in [-0.4, -0.2) is 121 Å². The van der Waals surface area contributed by atoms with E-state index in [1.165, 1.54) is 6.42 Å². The van der Waals surface area contributed by atoms with E-state index < -0.39 is 42.5 Å². The molecule has 15 nitrogen and oxygen atoms in total. The van der Waals surface area contributed by atoms with Gasteiger partial charge in [0.2, 0.25) is 17.7 Å². The van der Waals surface area contributed by atoms with Crippen LogP contribution in [0.1, 0.15) is 76.2 Å². The van der Waals surface area contributed by atoms with Crippen LogP contribution in [0.25, 0.3) is 0 Å². The summed E-state index contributed by atoms with van der Waals surface area (Å²) in [4.78, 5) is 64.7. The van der Waals surface area contributed by atoms with Gasteiger partial charge in [0, 0.05) is 19.0 Å². The van der Waals surface area contributed by atoms with Crippen LogP contribution in [0.3, 0.4) is 0 Å². The Morgan fingerprint density at radius 1 is 0.617 bits per heavy atom. The van der Waals surface area contributed by atoms with Crippen LogP contribution in [0.4, 0.5) is 39.5 Å². The van der Waals surface area contributed by atoms with Gasteiger partial charge in [-0.3, -0.25) is 14.4 Å². The van der Waals surface area contributed by atoms with Gasteiger partial charge >= 0.3 is 36.4 Å². The zero-order valence-electron chi connectivity index (χ0n) is 32.7. The molecule has 0 unspecified atom stereocenters. The molecule has 0 bridgehead atoms. The molecule has 1 aromatic carbocycles. The molecule has 0 aromatic heterocycles. The molecule has 1 fully saturated rings. The average molecular weight is 887 g/mol. The Morgan fingerprint density at radius 2 is 1.05 bits per heavy atom. The van der Waals surface area contributed by atoms with Gasteiger partial charge < -0.3 is 47.6 Å². The number of unbranched alkanes of at least 4 members (excludes halogenated alkanes) is 1. The predicted octanol–water partition coefficient (Wildman–Crippen LogP) is 3.91. The molecule has 3 amide bonds. The number of nitrogens with one attached hydrogen (secondary N) is 5. The Morgan fingerprint density at radius 3 is 1.50 bits per heavy atom. The molecule has 0 spiro atoms. The van der Waals surface area contributed by atoms with Gasteiger partial charge in [0.25, 0.3) is 0 Å². The molecule has 24 heteroatoms. The highest BCUT2D eigenvalue weighted by molar-refractivity contribution is 5.88. The number of carboxylic acid groups (broad SMARTS) is 3. The highest BCUT2D eigenvalue weighted by Crippen LogP contribution is 2.24. The van der Waals surface area contributed by atoms with Crippen molar-refractivity contribution in [1.29, 1.82) is 0 Å². The number of hydrogen-bond acceptors (Lipinski definition) is 9. The summed E-state index contributed by atoms with van der Waals surface area (Å²) in [7, 11) is 0. The quantitative estimate of drug-likeness (QED) is 0.0630. The maximum Gasteiger partial charge on any atom is 0.490 e. The number of rotatable bonds is 21. The third kappa shape index (κ3) is 33.2. The minimum atomic E-state index is -5.08. The number of carboxylic acids is 3. The maximum atomic E-state index is 13.0. The summed E-state index contributed by atoms with van der Waals surface area (Å²) in [6.45, 7) is 5.57. The van der Waals surface area contributed by atoms with Gasteiger partial charge in [-0.2, -0.15) is 39.5 Å². The highest BCUT2D eigenvalue weighted by Gasteiger charge is 2.39. The first-order chi connectivity index (χ1) is 27.9. The van der Waals surface area contributed by atoms with Crippen molar-refractivity contribution in [2.75, 3.05) is 45.8 Å². The van der Waals surface area contributed by atoms with E-state index in [1.807, 2.05) is 30.3 Å². The second-order valence-electron chi connectivity index (χ2n) is 13.0. The van der Waals surface area contributed by atoms with Crippen molar-refractivity contribution in [3.8, 4) is 0 Å². The average Bonchev–Trinajstić information content (AvgIpc) is 3.16. The molecule has 1 saturated carbocycles. The molecule has 60 heavy (non-hydrogen) atoms. The lowest BCUT2D eigenvalue weighted by atomic mass is 9.88. The first kappa shape index (κ1) is 57.4. The molecule has 0 radical (unpaired) electrons. The van der Waals surface area contributed by atoms with E-state index in [2.05, 4.69) is 26.6 Å². The van der Waals surface area contributed by atoms with E-state index in [4.69, 9.17) is 35.4 Å². The van der Waals surface area contributed by atoms with Crippen molar-refractivity contribution in [2.24, 2.45) is 11.7 Å². The van der Waals surface area contributed by atoms with Crippen LogP contribution in [-0.2, 0) is 35.2 Å². The number of halogens is 9. The maximum absolute atomic E-state index is 13.0. The lowest BCUT2D eigenvalue weighted by molar-refractivity contribution is -0.193. The minimum Gasteiger partial charge on any atom is -0.475 e. The zero-order valence-corrected chi connectivity index (χ0v) is 32.7. The Balaban J connectivity index is 0. The summed E-state index contributed by atoms with van der Waals surface area (Å²) in [5.41, 5.74) is 6.46. The normalized spacial score (nSPS) is 13.4. The van der Waals surface area contributed by atoms with Crippen molar-refractivity contribution < 1.29 is 83.6 Å². The van der Waals surface area contributed by atoms with Crippen molar-refractivity contribution >= 4 is 35.6 Å². The number of amides is 3. The monoisotopic (exact) mass is 886 g/mol. The molecule has 1 aromatic rings. The van der Waals surface area contributed by atoms with E-state index in [0.29, 0.717) is 32.4 Å². The van der Waals surface area contributed by atoms with E-state index in [0.717, 1.165) is 89.7 Å². The summed E-state index contributed by atoms with van der Waals surface area (Å²) in [5, 5.41) is 37.1. The van der Waals surface area contributed by atoms with Crippen molar-refractivity contribution in [1.82, 2.24) is 26.6 Å². The van der Waals surface area contributed by atoms with Gasteiger partial charge in [-0.15, -0.1) is 0 Å². The van der Waals surface area contributed by atoms with Gasteiger partial charge in [0.15, 0.2) is 0 Å². The molecular formula is C36H55F9N6O9. The number of nitrogens with two attached hydrogens (primary N) is 1. The summed E-state index contributed by atoms with van der Waals surface area (Å²) in [5.74, 6) is -8.46. The molecule has 0 aliphatic heterocycles.